The monoisotopic (exact) mass is 367 g/mol. The quantitative estimate of drug-likeness (QED) is 0.775. The molecule has 0 radical (unpaired) electrons. The van der Waals surface area contributed by atoms with Crippen LogP contribution in [0.25, 0.3) is 0 Å². The Labute approximate surface area is 139 Å². The summed E-state index contributed by atoms with van der Waals surface area (Å²) in [4.78, 5) is 2.59. The lowest BCUT2D eigenvalue weighted by atomic mass is 10.1. The number of hydrogen-bond donors (Lipinski definition) is 1. The first kappa shape index (κ1) is 16.5. The highest BCUT2D eigenvalue weighted by Crippen LogP contribution is 2.25. The molecule has 0 saturated heterocycles. The number of rotatable bonds is 5. The van der Waals surface area contributed by atoms with E-state index in [0.717, 1.165) is 22.3 Å². The summed E-state index contributed by atoms with van der Waals surface area (Å²) in [5.74, 6) is 0.937. The van der Waals surface area contributed by atoms with E-state index in [2.05, 4.69) is 67.1 Å². The van der Waals surface area contributed by atoms with Crippen LogP contribution < -0.4 is 10.1 Å². The molecule has 0 atom stereocenters. The van der Waals surface area contributed by atoms with E-state index in [9.17, 15) is 0 Å². The highest BCUT2D eigenvalue weighted by atomic mass is 79.9. The van der Waals surface area contributed by atoms with E-state index in [-0.39, 0.29) is 5.54 Å². The van der Waals surface area contributed by atoms with Crippen LogP contribution in [0.3, 0.4) is 0 Å². The molecule has 0 amide bonds. The average Bonchev–Trinajstić information content (AvgIpc) is 2.85. The Hall–Kier alpha value is -0.840. The summed E-state index contributed by atoms with van der Waals surface area (Å²) in [5, 5.41) is 3.51. The molecule has 0 fully saturated rings. The fraction of sp³-hybridized carbons (Fsp3) is 0.412. The molecule has 0 unspecified atom stereocenters. The summed E-state index contributed by atoms with van der Waals surface area (Å²) in [6.07, 6.45) is 0. The van der Waals surface area contributed by atoms with Gasteiger partial charge in [-0.3, -0.25) is 0 Å². The van der Waals surface area contributed by atoms with Crippen LogP contribution in [0.2, 0.25) is 0 Å². The van der Waals surface area contributed by atoms with E-state index in [4.69, 9.17) is 4.74 Å². The molecule has 21 heavy (non-hydrogen) atoms. The number of halogens is 1. The van der Waals surface area contributed by atoms with Crippen LogP contribution in [0.4, 0.5) is 0 Å². The lowest BCUT2D eigenvalue weighted by molar-refractivity contribution is 0.307. The van der Waals surface area contributed by atoms with E-state index in [0.29, 0.717) is 6.61 Å². The summed E-state index contributed by atoms with van der Waals surface area (Å²) in [7, 11) is 0. The maximum Gasteiger partial charge on any atom is 0.123 e. The van der Waals surface area contributed by atoms with Crippen molar-refractivity contribution in [2.75, 3.05) is 0 Å². The van der Waals surface area contributed by atoms with Gasteiger partial charge in [-0.25, -0.2) is 0 Å². The Morgan fingerprint density at radius 3 is 2.57 bits per heavy atom. The van der Waals surface area contributed by atoms with E-state index >= 15 is 0 Å². The fourth-order valence-corrected chi connectivity index (χ4v) is 3.04. The summed E-state index contributed by atoms with van der Waals surface area (Å²) in [5.41, 5.74) is 1.30. The van der Waals surface area contributed by atoms with Crippen molar-refractivity contribution in [3.05, 3.63) is 50.1 Å². The Morgan fingerprint density at radius 1 is 1.14 bits per heavy atom. The number of hydrogen-bond acceptors (Lipinski definition) is 3. The second kappa shape index (κ2) is 6.95. The Kier molecular flexibility index (Phi) is 5.47. The zero-order chi connectivity index (χ0) is 15.5. The molecule has 2 aromatic rings. The molecule has 0 aliphatic heterocycles. The van der Waals surface area contributed by atoms with Crippen molar-refractivity contribution in [2.24, 2.45) is 0 Å². The molecule has 0 bridgehead atoms. The third kappa shape index (κ3) is 5.46. The lowest BCUT2D eigenvalue weighted by Gasteiger charge is -2.19. The smallest absolute Gasteiger partial charge is 0.123 e. The highest BCUT2D eigenvalue weighted by Gasteiger charge is 2.10. The normalized spacial score (nSPS) is 11.7. The lowest BCUT2D eigenvalue weighted by Crippen LogP contribution is -2.34. The molecule has 114 valence electrons. The molecule has 2 nitrogen and oxygen atoms in total. The molecule has 1 heterocycles. The summed E-state index contributed by atoms with van der Waals surface area (Å²) < 4.78 is 6.97. The number of nitrogens with one attached hydrogen (secondary N) is 1. The van der Waals surface area contributed by atoms with E-state index in [1.165, 1.54) is 9.75 Å². The minimum atomic E-state index is 0.147. The SMILES string of the molecule is Cc1ccc(Br)cc1OCc1ccc(CNC(C)(C)C)s1. The first-order valence-electron chi connectivity index (χ1n) is 7.05. The van der Waals surface area contributed by atoms with Crippen LogP contribution >= 0.6 is 27.3 Å². The Bertz CT molecular complexity index is 601. The van der Waals surface area contributed by atoms with Crippen molar-refractivity contribution >= 4 is 27.3 Å². The van der Waals surface area contributed by atoms with Gasteiger partial charge in [-0.15, -0.1) is 11.3 Å². The van der Waals surface area contributed by atoms with Gasteiger partial charge in [-0.05, 0) is 57.5 Å². The van der Waals surface area contributed by atoms with Crippen LogP contribution in [0.5, 0.6) is 5.75 Å². The third-order valence-corrected chi connectivity index (χ3v) is 4.58. The minimum absolute atomic E-state index is 0.147. The zero-order valence-electron chi connectivity index (χ0n) is 13.0. The first-order chi connectivity index (χ1) is 9.83. The standard InChI is InChI=1S/C17H22BrNOS/c1-12-5-6-13(18)9-16(12)20-11-15-8-7-14(21-15)10-19-17(2,3)4/h5-9,19H,10-11H2,1-4H3. The largest absolute Gasteiger partial charge is 0.488 e. The molecule has 0 spiro atoms. The van der Waals surface area contributed by atoms with Crippen molar-refractivity contribution in [1.82, 2.24) is 5.32 Å². The molecular weight excluding hydrogens is 346 g/mol. The summed E-state index contributed by atoms with van der Waals surface area (Å²) >= 11 is 5.28. The molecule has 0 aliphatic carbocycles. The number of benzene rings is 1. The third-order valence-electron chi connectivity index (χ3n) is 3.03. The molecule has 4 heteroatoms. The Morgan fingerprint density at radius 2 is 1.86 bits per heavy atom. The molecule has 2 rings (SSSR count). The Balaban J connectivity index is 1.92. The molecule has 1 aromatic carbocycles. The minimum Gasteiger partial charge on any atom is -0.488 e. The van der Waals surface area contributed by atoms with Crippen molar-refractivity contribution in [1.29, 1.82) is 0 Å². The van der Waals surface area contributed by atoms with Crippen LogP contribution in [0, 0.1) is 6.92 Å². The maximum absolute atomic E-state index is 5.92. The predicted molar refractivity (Wildman–Crippen MR) is 94.1 cm³/mol. The van der Waals surface area contributed by atoms with Crippen molar-refractivity contribution in [3.8, 4) is 5.75 Å². The van der Waals surface area contributed by atoms with Crippen molar-refractivity contribution in [2.45, 2.75) is 46.4 Å². The van der Waals surface area contributed by atoms with Gasteiger partial charge in [0.15, 0.2) is 0 Å². The number of aryl methyl sites for hydroxylation is 1. The van der Waals surface area contributed by atoms with E-state index in [1.807, 2.05) is 12.1 Å². The van der Waals surface area contributed by atoms with Crippen LogP contribution in [-0.4, -0.2) is 5.54 Å². The van der Waals surface area contributed by atoms with Gasteiger partial charge in [0.25, 0.3) is 0 Å². The highest BCUT2D eigenvalue weighted by molar-refractivity contribution is 9.10. The van der Waals surface area contributed by atoms with Crippen LogP contribution in [-0.2, 0) is 13.2 Å². The van der Waals surface area contributed by atoms with Crippen LogP contribution in [0.15, 0.2) is 34.8 Å². The van der Waals surface area contributed by atoms with Gasteiger partial charge in [0.05, 0.1) is 0 Å². The molecular formula is C17H22BrNOS. The number of ether oxygens (including phenoxy) is 1. The van der Waals surface area contributed by atoms with Gasteiger partial charge in [0.2, 0.25) is 0 Å². The van der Waals surface area contributed by atoms with Gasteiger partial charge < -0.3 is 10.1 Å². The van der Waals surface area contributed by atoms with E-state index < -0.39 is 0 Å². The average molecular weight is 368 g/mol. The van der Waals surface area contributed by atoms with E-state index in [1.54, 1.807) is 11.3 Å². The molecule has 1 aromatic heterocycles. The second-order valence-electron chi connectivity index (χ2n) is 6.17. The van der Waals surface area contributed by atoms with Crippen molar-refractivity contribution < 1.29 is 4.74 Å². The fourth-order valence-electron chi connectivity index (χ4n) is 1.83. The molecule has 1 N–H and O–H groups in total. The second-order valence-corrected chi connectivity index (χ2v) is 8.34. The van der Waals surface area contributed by atoms with Crippen molar-refractivity contribution in [3.63, 3.8) is 0 Å². The van der Waals surface area contributed by atoms with Gasteiger partial charge in [-0.2, -0.15) is 0 Å². The topological polar surface area (TPSA) is 21.3 Å². The molecule has 0 aliphatic rings. The summed E-state index contributed by atoms with van der Waals surface area (Å²) in [6, 6.07) is 10.4. The zero-order valence-corrected chi connectivity index (χ0v) is 15.4. The van der Waals surface area contributed by atoms with Gasteiger partial charge >= 0.3 is 0 Å². The predicted octanol–water partition coefficient (Wildman–Crippen LogP) is 5.29. The maximum atomic E-state index is 5.92. The molecule has 0 saturated carbocycles. The van der Waals surface area contributed by atoms with Crippen LogP contribution in [0.1, 0.15) is 36.1 Å². The van der Waals surface area contributed by atoms with Gasteiger partial charge in [0.1, 0.15) is 12.4 Å². The van der Waals surface area contributed by atoms with Gasteiger partial charge in [0, 0.05) is 26.3 Å². The first-order valence-corrected chi connectivity index (χ1v) is 8.66. The van der Waals surface area contributed by atoms with Gasteiger partial charge in [-0.1, -0.05) is 22.0 Å². The number of thiophene rings is 1. The summed E-state index contributed by atoms with van der Waals surface area (Å²) in [6.45, 7) is 10.1.